The van der Waals surface area contributed by atoms with Gasteiger partial charge in [-0.25, -0.2) is 9.59 Å². The molecule has 45 heavy (non-hydrogen) atoms. The first-order valence-electron chi connectivity index (χ1n) is 17.6. The van der Waals surface area contributed by atoms with Gasteiger partial charge in [-0.15, -0.1) is 0 Å². The molecule has 0 saturated heterocycles. The van der Waals surface area contributed by atoms with Gasteiger partial charge in [-0.1, -0.05) is 30.3 Å². The number of rotatable bonds is 5. The molecule has 0 aromatic heterocycles. The molecular formula is C37H58N4O4. The molecule has 8 saturated carbocycles. The highest BCUT2D eigenvalue weighted by atomic mass is 16.6. The molecule has 8 bridgehead atoms. The van der Waals surface area contributed by atoms with Crippen molar-refractivity contribution in [3.63, 3.8) is 0 Å². The van der Waals surface area contributed by atoms with Crippen molar-refractivity contribution in [1.82, 2.24) is 16.0 Å². The highest BCUT2D eigenvalue weighted by Crippen LogP contribution is 2.56. The molecule has 8 aliphatic rings. The van der Waals surface area contributed by atoms with Crippen molar-refractivity contribution in [2.75, 3.05) is 0 Å². The molecule has 1 aromatic rings. The molecule has 8 heteroatoms. The van der Waals surface area contributed by atoms with Crippen LogP contribution in [0.2, 0.25) is 0 Å². The minimum atomic E-state index is -0.438. The van der Waals surface area contributed by atoms with Gasteiger partial charge in [0.25, 0.3) is 0 Å². The highest BCUT2D eigenvalue weighted by molar-refractivity contribution is 5.69. The number of alkyl carbamates (subject to hydrolysis) is 2. The van der Waals surface area contributed by atoms with Crippen LogP contribution in [0.3, 0.4) is 0 Å². The summed E-state index contributed by atoms with van der Waals surface area (Å²) in [6.45, 7) is 12.4. The first-order valence-corrected chi connectivity index (χ1v) is 17.6. The number of carbonyl (C=O) groups excluding carboxylic acids is 2. The van der Waals surface area contributed by atoms with E-state index in [-0.39, 0.29) is 23.3 Å². The largest absolute Gasteiger partial charge is 0.444 e. The molecule has 0 spiro atoms. The van der Waals surface area contributed by atoms with E-state index in [9.17, 15) is 9.59 Å². The standard InChI is InChI=1S/C22H32N2O2.C15H26N2O2/c1-21(2,3)26-20(25)24-22-11-16-9-17(12-22)19(18(10-16)13-22)23-14-15-7-5-4-6-8-15;1-14(2,3)19-13(18)17-15-6-9-4-10(7-15)12(16)11(5-9)8-15/h4-8,16-19,23H,9-14H2,1-3H3,(H,24,25);9-12H,4-8,16H2,1-3H3,(H,17,18). The van der Waals surface area contributed by atoms with E-state index in [4.69, 9.17) is 15.2 Å². The number of carbonyl (C=O) groups is 2. The maximum Gasteiger partial charge on any atom is 0.408 e. The Morgan fingerprint density at radius 2 is 1.13 bits per heavy atom. The second-order valence-corrected chi connectivity index (χ2v) is 17.7. The molecule has 0 heterocycles. The van der Waals surface area contributed by atoms with Gasteiger partial charge in [0.1, 0.15) is 11.2 Å². The number of nitrogens with one attached hydrogen (secondary N) is 3. The quantitative estimate of drug-likeness (QED) is 0.292. The topological polar surface area (TPSA) is 115 Å². The first-order chi connectivity index (χ1) is 21.1. The SMILES string of the molecule is CC(C)(C)OC(=O)NC12CC3CC(C1)C(N)C(C3)C2.CC(C)(C)OC(=O)NC12CC3CC(C1)C(NCc1ccccc1)C(C3)C2. The monoisotopic (exact) mass is 622 g/mol. The number of hydrogen-bond acceptors (Lipinski definition) is 6. The minimum absolute atomic E-state index is 0.0330. The Hall–Kier alpha value is -2.32. The Morgan fingerprint density at radius 3 is 1.58 bits per heavy atom. The lowest BCUT2D eigenvalue weighted by Crippen LogP contribution is -2.66. The molecule has 9 rings (SSSR count). The van der Waals surface area contributed by atoms with Gasteiger partial charge in [0.15, 0.2) is 0 Å². The molecular weight excluding hydrogens is 564 g/mol. The average Bonchev–Trinajstić information content (AvgIpc) is 2.88. The van der Waals surface area contributed by atoms with Gasteiger partial charge in [-0.3, -0.25) is 0 Å². The lowest BCUT2D eigenvalue weighted by Gasteiger charge is -2.60. The molecule has 5 N–H and O–H groups in total. The molecule has 250 valence electrons. The maximum atomic E-state index is 12.4. The van der Waals surface area contributed by atoms with Crippen LogP contribution in [0.5, 0.6) is 0 Å². The predicted molar refractivity (Wildman–Crippen MR) is 176 cm³/mol. The van der Waals surface area contributed by atoms with Crippen molar-refractivity contribution in [3.05, 3.63) is 35.9 Å². The molecule has 1 aromatic carbocycles. The Balaban J connectivity index is 0.000000167. The molecule has 2 amide bonds. The van der Waals surface area contributed by atoms with Crippen LogP contribution >= 0.6 is 0 Å². The molecule has 4 atom stereocenters. The van der Waals surface area contributed by atoms with Gasteiger partial charge in [0, 0.05) is 29.7 Å². The van der Waals surface area contributed by atoms with Gasteiger partial charge in [0.2, 0.25) is 0 Å². The zero-order chi connectivity index (χ0) is 32.2. The van der Waals surface area contributed by atoms with E-state index in [0.29, 0.717) is 35.8 Å². The van der Waals surface area contributed by atoms with E-state index in [0.717, 1.165) is 56.9 Å². The van der Waals surface area contributed by atoms with E-state index >= 15 is 0 Å². The van der Waals surface area contributed by atoms with Gasteiger partial charge >= 0.3 is 12.2 Å². The van der Waals surface area contributed by atoms with Crippen LogP contribution in [0, 0.1) is 35.5 Å². The number of nitrogens with two attached hydrogens (primary N) is 1. The summed E-state index contributed by atoms with van der Waals surface area (Å²) in [5.41, 5.74) is 6.73. The van der Waals surface area contributed by atoms with E-state index in [1.165, 1.54) is 31.2 Å². The number of ether oxygens (including phenoxy) is 2. The molecule has 8 fully saturated rings. The van der Waals surface area contributed by atoms with Crippen LogP contribution in [0.1, 0.15) is 111 Å². The summed E-state index contributed by atoms with van der Waals surface area (Å²) >= 11 is 0. The smallest absolute Gasteiger partial charge is 0.408 e. The molecule has 8 aliphatic carbocycles. The average molecular weight is 623 g/mol. The Bertz CT molecular complexity index is 1190. The van der Waals surface area contributed by atoms with Crippen molar-refractivity contribution in [2.24, 2.45) is 41.2 Å². The molecule has 8 nitrogen and oxygen atoms in total. The van der Waals surface area contributed by atoms with Gasteiger partial charge in [0.05, 0.1) is 0 Å². The van der Waals surface area contributed by atoms with Crippen LogP contribution in [0.15, 0.2) is 30.3 Å². The lowest BCUT2D eigenvalue weighted by molar-refractivity contribution is -0.0501. The van der Waals surface area contributed by atoms with Gasteiger partial charge in [-0.05, 0) is 147 Å². The van der Waals surface area contributed by atoms with Crippen molar-refractivity contribution in [3.8, 4) is 0 Å². The Kier molecular flexibility index (Phi) is 8.73. The summed E-state index contributed by atoms with van der Waals surface area (Å²) in [6, 6.07) is 11.6. The fraction of sp³-hybridized carbons (Fsp3) is 0.784. The number of hydrogen-bond donors (Lipinski definition) is 4. The zero-order valence-electron chi connectivity index (χ0n) is 28.5. The van der Waals surface area contributed by atoms with Crippen LogP contribution in [-0.2, 0) is 16.0 Å². The summed E-state index contributed by atoms with van der Waals surface area (Å²) in [6.07, 6.45) is 11.1. The predicted octanol–water partition coefficient (Wildman–Crippen LogP) is 6.67. The van der Waals surface area contributed by atoms with E-state index in [2.05, 4.69) is 46.3 Å². The minimum Gasteiger partial charge on any atom is -0.444 e. The number of amides is 2. The van der Waals surface area contributed by atoms with E-state index < -0.39 is 11.2 Å². The maximum absolute atomic E-state index is 12.4. The van der Waals surface area contributed by atoms with Gasteiger partial charge in [-0.2, -0.15) is 0 Å². The summed E-state index contributed by atoms with van der Waals surface area (Å²) in [5, 5.41) is 10.3. The van der Waals surface area contributed by atoms with Crippen molar-refractivity contribution >= 4 is 12.2 Å². The summed E-state index contributed by atoms with van der Waals surface area (Å²) in [5.74, 6) is 4.05. The van der Waals surface area contributed by atoms with E-state index in [1.54, 1.807) is 0 Å². The second kappa shape index (κ2) is 12.0. The second-order valence-electron chi connectivity index (χ2n) is 17.7. The Labute approximate surface area is 270 Å². The first kappa shape index (κ1) is 32.6. The van der Waals surface area contributed by atoms with Crippen LogP contribution in [0.4, 0.5) is 9.59 Å². The third-order valence-corrected chi connectivity index (χ3v) is 11.5. The number of benzene rings is 1. The zero-order valence-corrected chi connectivity index (χ0v) is 28.5. The van der Waals surface area contributed by atoms with Crippen LogP contribution < -0.4 is 21.7 Å². The third-order valence-electron chi connectivity index (χ3n) is 11.5. The third kappa shape index (κ3) is 7.64. The fourth-order valence-corrected chi connectivity index (χ4v) is 10.6. The van der Waals surface area contributed by atoms with Crippen molar-refractivity contribution in [2.45, 2.75) is 147 Å². The summed E-state index contributed by atoms with van der Waals surface area (Å²) in [4.78, 5) is 24.4. The van der Waals surface area contributed by atoms with Gasteiger partial charge < -0.3 is 31.2 Å². The summed E-state index contributed by atoms with van der Waals surface area (Å²) < 4.78 is 11.0. The Morgan fingerprint density at radius 1 is 0.711 bits per heavy atom. The van der Waals surface area contributed by atoms with Crippen LogP contribution in [-0.4, -0.2) is 46.6 Å². The van der Waals surface area contributed by atoms with Crippen LogP contribution in [0.25, 0.3) is 0 Å². The molecule has 0 aliphatic heterocycles. The normalized spacial score (nSPS) is 39.1. The van der Waals surface area contributed by atoms with E-state index in [1.807, 2.05) is 41.5 Å². The fourth-order valence-electron chi connectivity index (χ4n) is 10.6. The van der Waals surface area contributed by atoms with Crippen molar-refractivity contribution in [1.29, 1.82) is 0 Å². The molecule has 4 unspecified atom stereocenters. The summed E-state index contributed by atoms with van der Waals surface area (Å²) in [7, 11) is 0. The van der Waals surface area contributed by atoms with Crippen molar-refractivity contribution < 1.29 is 19.1 Å². The molecule has 0 radical (unpaired) electrons. The lowest BCUT2D eigenvalue weighted by atomic mass is 9.51. The highest BCUT2D eigenvalue weighted by Gasteiger charge is 2.57.